The lowest BCUT2D eigenvalue weighted by atomic mass is 10.3. The van der Waals surface area contributed by atoms with Gasteiger partial charge >= 0.3 is 11.7 Å². The molecule has 2 aromatic rings. The maximum absolute atomic E-state index is 12.2. The number of amides is 1. The first-order valence-electron chi connectivity index (χ1n) is 5.30. The molecule has 1 aliphatic heterocycles. The van der Waals surface area contributed by atoms with Crippen LogP contribution in [0.1, 0.15) is 5.82 Å². The summed E-state index contributed by atoms with van der Waals surface area (Å²) in [6, 6.07) is 6.65. The molecule has 1 aliphatic rings. The van der Waals surface area contributed by atoms with Gasteiger partial charge < -0.3 is 0 Å². The number of hydrogen-bond acceptors (Lipinski definition) is 3. The van der Waals surface area contributed by atoms with Gasteiger partial charge in [0.25, 0.3) is 0 Å². The van der Waals surface area contributed by atoms with Gasteiger partial charge in [-0.25, -0.2) is 14.3 Å². The predicted molar refractivity (Wildman–Crippen MR) is 65.9 cm³/mol. The van der Waals surface area contributed by atoms with Crippen molar-refractivity contribution in [2.75, 3.05) is 4.90 Å². The molecule has 0 saturated carbocycles. The van der Waals surface area contributed by atoms with Gasteiger partial charge in [-0.1, -0.05) is 11.6 Å². The normalized spacial score (nSPS) is 14.1. The fourth-order valence-electron chi connectivity index (χ4n) is 1.98. The van der Waals surface area contributed by atoms with Gasteiger partial charge in [0, 0.05) is 17.8 Å². The van der Waals surface area contributed by atoms with Gasteiger partial charge in [-0.2, -0.15) is 9.67 Å². The van der Waals surface area contributed by atoms with E-state index in [4.69, 9.17) is 11.6 Å². The standard InChI is InChI=1S/C11H9ClN4O2/c1-14-10(17)13-9-6-15(11(18)16(9)14)8-4-2-7(12)3-5-8/h2-5H,6H2,1H3. The Hall–Kier alpha value is -2.08. The van der Waals surface area contributed by atoms with Gasteiger partial charge in [-0.15, -0.1) is 0 Å². The average molecular weight is 265 g/mol. The first-order chi connectivity index (χ1) is 8.58. The summed E-state index contributed by atoms with van der Waals surface area (Å²) in [5.41, 5.74) is 0.302. The van der Waals surface area contributed by atoms with Crippen molar-refractivity contribution >= 4 is 23.3 Å². The smallest absolute Gasteiger partial charge is 0.285 e. The van der Waals surface area contributed by atoms with E-state index < -0.39 is 5.69 Å². The second kappa shape index (κ2) is 3.71. The molecule has 3 rings (SSSR count). The summed E-state index contributed by atoms with van der Waals surface area (Å²) >= 11 is 5.80. The number of halogens is 1. The Morgan fingerprint density at radius 1 is 1.22 bits per heavy atom. The van der Waals surface area contributed by atoms with Crippen molar-refractivity contribution in [3.63, 3.8) is 0 Å². The largest absolute Gasteiger partial charge is 0.364 e. The molecule has 18 heavy (non-hydrogen) atoms. The van der Waals surface area contributed by atoms with Crippen molar-refractivity contribution in [3.05, 3.63) is 45.6 Å². The quantitative estimate of drug-likeness (QED) is 0.778. The van der Waals surface area contributed by atoms with Crippen LogP contribution in [0.4, 0.5) is 10.5 Å². The summed E-state index contributed by atoms with van der Waals surface area (Å²) in [5, 5.41) is 0.607. The molecule has 1 aromatic heterocycles. The van der Waals surface area contributed by atoms with Crippen molar-refractivity contribution in [1.82, 2.24) is 14.3 Å². The van der Waals surface area contributed by atoms with Gasteiger partial charge in [0.1, 0.15) is 0 Å². The predicted octanol–water partition coefficient (Wildman–Crippen LogP) is 1.22. The minimum atomic E-state index is -0.422. The zero-order valence-electron chi connectivity index (χ0n) is 9.50. The monoisotopic (exact) mass is 264 g/mol. The Labute approximate surface area is 107 Å². The third-order valence-electron chi connectivity index (χ3n) is 2.90. The molecule has 92 valence electrons. The van der Waals surface area contributed by atoms with Crippen LogP contribution in [0.3, 0.4) is 0 Å². The number of nitrogens with zero attached hydrogens (tertiary/aromatic N) is 4. The summed E-state index contributed by atoms with van der Waals surface area (Å²) in [5.74, 6) is 0.447. The van der Waals surface area contributed by atoms with E-state index in [1.807, 2.05) is 0 Å². The van der Waals surface area contributed by atoms with Crippen LogP contribution in [-0.4, -0.2) is 20.4 Å². The van der Waals surface area contributed by atoms with Crippen molar-refractivity contribution in [2.24, 2.45) is 7.05 Å². The van der Waals surface area contributed by atoms with Gasteiger partial charge in [-0.05, 0) is 24.3 Å². The number of aromatic nitrogens is 3. The highest BCUT2D eigenvalue weighted by Gasteiger charge is 2.32. The Bertz CT molecular complexity index is 686. The van der Waals surface area contributed by atoms with E-state index in [1.165, 1.54) is 21.3 Å². The second-order valence-electron chi connectivity index (χ2n) is 3.99. The molecule has 0 atom stereocenters. The number of carbonyl (C=O) groups excluding carboxylic acids is 1. The first-order valence-corrected chi connectivity index (χ1v) is 5.68. The van der Waals surface area contributed by atoms with E-state index in [0.717, 1.165) is 5.69 Å². The van der Waals surface area contributed by atoms with Crippen LogP contribution in [0, 0.1) is 0 Å². The minimum absolute atomic E-state index is 0.288. The highest BCUT2D eigenvalue weighted by molar-refractivity contribution is 6.30. The van der Waals surface area contributed by atoms with Crippen LogP contribution in [0.25, 0.3) is 0 Å². The first kappa shape index (κ1) is 11.0. The molecule has 6 nitrogen and oxygen atoms in total. The van der Waals surface area contributed by atoms with Crippen molar-refractivity contribution < 1.29 is 4.79 Å². The van der Waals surface area contributed by atoms with E-state index in [9.17, 15) is 9.59 Å². The molecule has 0 radical (unpaired) electrons. The topological polar surface area (TPSA) is 60.1 Å². The Morgan fingerprint density at radius 2 is 1.89 bits per heavy atom. The van der Waals surface area contributed by atoms with Crippen LogP contribution in [0.5, 0.6) is 0 Å². The summed E-state index contributed by atoms with van der Waals surface area (Å²) in [7, 11) is 1.52. The van der Waals surface area contributed by atoms with Crippen LogP contribution < -0.4 is 10.6 Å². The SMILES string of the molecule is Cn1c(=O)nc2n1C(=O)N(c1ccc(Cl)cc1)C2. The maximum atomic E-state index is 12.2. The lowest BCUT2D eigenvalue weighted by Crippen LogP contribution is -2.32. The second-order valence-corrected chi connectivity index (χ2v) is 4.43. The zero-order valence-corrected chi connectivity index (χ0v) is 10.3. The molecule has 1 amide bonds. The van der Waals surface area contributed by atoms with Gasteiger partial charge in [0.2, 0.25) is 0 Å². The molecule has 1 aromatic carbocycles. The summed E-state index contributed by atoms with van der Waals surface area (Å²) in [6.45, 7) is 0.288. The zero-order chi connectivity index (χ0) is 12.9. The molecule has 2 heterocycles. The Morgan fingerprint density at radius 3 is 2.50 bits per heavy atom. The van der Waals surface area contributed by atoms with Gasteiger partial charge in [-0.3, -0.25) is 4.90 Å². The van der Waals surface area contributed by atoms with Gasteiger partial charge in [0.05, 0.1) is 6.54 Å². The van der Waals surface area contributed by atoms with Crippen molar-refractivity contribution in [2.45, 2.75) is 6.54 Å². The van der Waals surface area contributed by atoms with E-state index in [1.54, 1.807) is 24.3 Å². The molecular formula is C11H9ClN4O2. The van der Waals surface area contributed by atoms with E-state index >= 15 is 0 Å². The molecular weight excluding hydrogens is 256 g/mol. The van der Waals surface area contributed by atoms with Crippen LogP contribution >= 0.6 is 11.6 Å². The van der Waals surface area contributed by atoms with E-state index in [0.29, 0.717) is 10.8 Å². The highest BCUT2D eigenvalue weighted by Crippen LogP contribution is 2.23. The van der Waals surface area contributed by atoms with Crippen molar-refractivity contribution in [3.8, 4) is 0 Å². The molecule has 0 bridgehead atoms. The molecule has 0 fully saturated rings. The van der Waals surface area contributed by atoms with Crippen LogP contribution in [0.2, 0.25) is 5.02 Å². The third kappa shape index (κ3) is 1.46. The lowest BCUT2D eigenvalue weighted by molar-refractivity contribution is 0.245. The molecule has 7 heteroatoms. The summed E-state index contributed by atoms with van der Waals surface area (Å²) in [6.07, 6.45) is 0. The minimum Gasteiger partial charge on any atom is -0.285 e. The maximum Gasteiger partial charge on any atom is 0.364 e. The summed E-state index contributed by atoms with van der Waals surface area (Å²) in [4.78, 5) is 28.9. The average Bonchev–Trinajstić information content (AvgIpc) is 2.80. The number of carbonyl (C=O) groups is 1. The Balaban J connectivity index is 2.02. The highest BCUT2D eigenvalue weighted by atomic mass is 35.5. The van der Waals surface area contributed by atoms with Crippen LogP contribution in [0.15, 0.2) is 29.1 Å². The van der Waals surface area contributed by atoms with Gasteiger partial charge in [0.15, 0.2) is 5.82 Å². The molecule has 0 aliphatic carbocycles. The fourth-order valence-corrected chi connectivity index (χ4v) is 2.10. The number of anilines is 1. The molecule has 0 saturated heterocycles. The number of benzene rings is 1. The number of fused-ring (bicyclic) bond motifs is 1. The molecule has 0 spiro atoms. The van der Waals surface area contributed by atoms with E-state index in [2.05, 4.69) is 4.98 Å². The lowest BCUT2D eigenvalue weighted by Gasteiger charge is -2.14. The van der Waals surface area contributed by atoms with E-state index in [-0.39, 0.29) is 12.6 Å². The summed E-state index contributed by atoms with van der Waals surface area (Å²) < 4.78 is 2.48. The Kier molecular flexibility index (Phi) is 2.27. The van der Waals surface area contributed by atoms with Crippen LogP contribution in [-0.2, 0) is 13.6 Å². The molecule has 0 unspecified atom stereocenters. The third-order valence-corrected chi connectivity index (χ3v) is 3.15. The van der Waals surface area contributed by atoms with Crippen molar-refractivity contribution in [1.29, 1.82) is 0 Å². The fraction of sp³-hybridized carbons (Fsp3) is 0.182. The number of hydrogen-bond donors (Lipinski definition) is 0. The molecule has 0 N–H and O–H groups in total. The number of rotatable bonds is 1.